The van der Waals surface area contributed by atoms with Crippen molar-refractivity contribution in [2.45, 2.75) is 58.5 Å². The Kier molecular flexibility index (Phi) is 6.10. The van der Waals surface area contributed by atoms with Crippen molar-refractivity contribution in [3.63, 3.8) is 0 Å². The predicted octanol–water partition coefficient (Wildman–Crippen LogP) is 2.18. The van der Waals surface area contributed by atoms with Gasteiger partial charge in [-0.2, -0.15) is 0 Å². The summed E-state index contributed by atoms with van der Waals surface area (Å²) in [6.45, 7) is 4.08. The maximum absolute atomic E-state index is 12.5. The number of halogens is 1. The minimum absolute atomic E-state index is 0. The van der Waals surface area contributed by atoms with Crippen LogP contribution in [0.15, 0.2) is 10.9 Å². The van der Waals surface area contributed by atoms with E-state index in [4.69, 9.17) is 5.73 Å². The molecule has 0 radical (unpaired) electrons. The highest BCUT2D eigenvalue weighted by Crippen LogP contribution is 2.41. The van der Waals surface area contributed by atoms with E-state index in [1.54, 1.807) is 0 Å². The Bertz CT molecular complexity index is 644. The van der Waals surface area contributed by atoms with Crippen LogP contribution in [-0.2, 0) is 11.3 Å². The molecule has 2 atom stereocenters. The lowest BCUT2D eigenvalue weighted by Gasteiger charge is -2.43. The van der Waals surface area contributed by atoms with Crippen LogP contribution in [0.25, 0.3) is 0 Å². The molecule has 2 aliphatic rings. The Hall–Kier alpha value is -1.33. The molecule has 24 heavy (non-hydrogen) atoms. The molecule has 6 heteroatoms. The summed E-state index contributed by atoms with van der Waals surface area (Å²) in [7, 11) is 0. The van der Waals surface area contributed by atoms with Crippen LogP contribution >= 0.6 is 12.4 Å². The van der Waals surface area contributed by atoms with Crippen LogP contribution in [0, 0.1) is 31.6 Å². The third-order valence-corrected chi connectivity index (χ3v) is 5.72. The highest BCUT2D eigenvalue weighted by molar-refractivity contribution is 5.85. The summed E-state index contributed by atoms with van der Waals surface area (Å²) in [6.07, 6.45) is 5.34. The molecular weight excluding hydrogens is 326 g/mol. The number of nitrogens with one attached hydrogen (secondary N) is 2. The fraction of sp³-hybridized carbons (Fsp3) is 0.667. The molecule has 0 saturated heterocycles. The van der Waals surface area contributed by atoms with Crippen LogP contribution in [0.1, 0.15) is 48.9 Å². The third-order valence-electron chi connectivity index (χ3n) is 5.72. The van der Waals surface area contributed by atoms with Gasteiger partial charge in [0, 0.05) is 29.8 Å². The van der Waals surface area contributed by atoms with Crippen LogP contribution in [0.3, 0.4) is 0 Å². The Balaban J connectivity index is 0.00000208. The van der Waals surface area contributed by atoms with Crippen LogP contribution in [0.5, 0.6) is 0 Å². The molecule has 0 spiro atoms. The minimum Gasteiger partial charge on any atom is -0.352 e. The van der Waals surface area contributed by atoms with E-state index in [9.17, 15) is 9.59 Å². The molecule has 2 aliphatic carbocycles. The number of aryl methyl sites for hydroxylation is 2. The number of nitrogens with two attached hydrogens (primary N) is 1. The fourth-order valence-electron chi connectivity index (χ4n) is 4.42. The zero-order valence-corrected chi connectivity index (χ0v) is 15.2. The molecular formula is C18H28ClN3O2. The molecule has 0 aromatic carbocycles. The number of H-pyrrole nitrogens is 1. The van der Waals surface area contributed by atoms with Crippen molar-refractivity contribution >= 4 is 18.3 Å². The number of aromatic amines is 1. The first-order chi connectivity index (χ1) is 11.0. The monoisotopic (exact) mass is 353 g/mol. The van der Waals surface area contributed by atoms with E-state index < -0.39 is 0 Å². The average molecular weight is 354 g/mol. The lowest BCUT2D eigenvalue weighted by Crippen LogP contribution is -2.49. The summed E-state index contributed by atoms with van der Waals surface area (Å²) in [6, 6.07) is 2.21. The van der Waals surface area contributed by atoms with E-state index in [0.717, 1.165) is 36.9 Å². The molecule has 2 fully saturated rings. The molecule has 5 nitrogen and oxygen atoms in total. The highest BCUT2D eigenvalue weighted by Gasteiger charge is 2.40. The van der Waals surface area contributed by atoms with Gasteiger partial charge in [-0.3, -0.25) is 9.59 Å². The number of amides is 1. The maximum atomic E-state index is 12.5. The zero-order chi connectivity index (χ0) is 16.6. The molecule has 2 unspecified atom stereocenters. The van der Waals surface area contributed by atoms with Crippen molar-refractivity contribution in [2.75, 3.05) is 0 Å². The third kappa shape index (κ3) is 3.83. The second-order valence-electron chi connectivity index (χ2n) is 7.36. The lowest BCUT2D eigenvalue weighted by molar-refractivity contribution is -0.128. The largest absolute Gasteiger partial charge is 0.352 e. The second kappa shape index (κ2) is 7.70. The van der Waals surface area contributed by atoms with Crippen LogP contribution < -0.4 is 16.6 Å². The first-order valence-electron chi connectivity index (χ1n) is 8.68. The van der Waals surface area contributed by atoms with Crippen molar-refractivity contribution in [2.24, 2.45) is 23.5 Å². The molecule has 2 saturated carbocycles. The van der Waals surface area contributed by atoms with Gasteiger partial charge in [0.25, 0.3) is 5.56 Å². The number of rotatable bonds is 3. The Labute approximate surface area is 149 Å². The average Bonchev–Trinajstić information content (AvgIpc) is 2.45. The van der Waals surface area contributed by atoms with Crippen molar-refractivity contribution in [3.05, 3.63) is 33.2 Å². The summed E-state index contributed by atoms with van der Waals surface area (Å²) in [5.74, 6) is 1.11. The molecule has 0 aliphatic heterocycles. The normalized spacial score (nSPS) is 28.8. The summed E-state index contributed by atoms with van der Waals surface area (Å²) in [5, 5.41) is 2.97. The number of hydrogen-bond acceptors (Lipinski definition) is 3. The predicted molar refractivity (Wildman–Crippen MR) is 97.2 cm³/mol. The molecule has 1 amide bonds. The SMILES string of the molecule is Cc1cc(C)c(CNC(=O)C2CC3CCCC(C2)C3N)c(=O)[nH]1.Cl. The van der Waals surface area contributed by atoms with E-state index in [0.29, 0.717) is 23.9 Å². The Morgan fingerprint density at radius 2 is 1.92 bits per heavy atom. The molecule has 1 heterocycles. The van der Waals surface area contributed by atoms with E-state index in [-0.39, 0.29) is 35.8 Å². The standard InChI is InChI=1S/C18H27N3O2.ClH/c1-10-6-11(2)21-18(23)15(10)9-20-17(22)14-7-12-4-3-5-13(8-14)16(12)19;/h6,12-14,16H,3-5,7-9,19H2,1-2H3,(H,20,22)(H,21,23);1H. The molecule has 1 aromatic heterocycles. The van der Waals surface area contributed by atoms with Gasteiger partial charge >= 0.3 is 0 Å². The molecule has 134 valence electrons. The van der Waals surface area contributed by atoms with Gasteiger partial charge < -0.3 is 16.0 Å². The zero-order valence-electron chi connectivity index (χ0n) is 14.4. The van der Waals surface area contributed by atoms with Crippen molar-refractivity contribution < 1.29 is 4.79 Å². The summed E-state index contributed by atoms with van der Waals surface area (Å²) < 4.78 is 0. The summed E-state index contributed by atoms with van der Waals surface area (Å²) in [4.78, 5) is 27.4. The molecule has 4 N–H and O–H groups in total. The van der Waals surface area contributed by atoms with Crippen molar-refractivity contribution in [3.8, 4) is 0 Å². The van der Waals surface area contributed by atoms with Gasteiger partial charge in [0.15, 0.2) is 0 Å². The van der Waals surface area contributed by atoms with Gasteiger partial charge in [-0.05, 0) is 63.0 Å². The van der Waals surface area contributed by atoms with Gasteiger partial charge in [0.05, 0.1) is 0 Å². The van der Waals surface area contributed by atoms with Gasteiger partial charge in [0.1, 0.15) is 0 Å². The summed E-state index contributed by atoms with van der Waals surface area (Å²) >= 11 is 0. The summed E-state index contributed by atoms with van der Waals surface area (Å²) in [5.41, 5.74) is 8.60. The Morgan fingerprint density at radius 1 is 1.29 bits per heavy atom. The smallest absolute Gasteiger partial charge is 0.253 e. The van der Waals surface area contributed by atoms with Gasteiger partial charge in [-0.15, -0.1) is 12.4 Å². The topological polar surface area (TPSA) is 88.0 Å². The van der Waals surface area contributed by atoms with E-state index in [2.05, 4.69) is 10.3 Å². The van der Waals surface area contributed by atoms with Gasteiger partial charge in [-0.25, -0.2) is 0 Å². The quantitative estimate of drug-likeness (QED) is 0.778. The van der Waals surface area contributed by atoms with E-state index in [1.165, 1.54) is 6.42 Å². The second-order valence-corrected chi connectivity index (χ2v) is 7.36. The van der Waals surface area contributed by atoms with Crippen LogP contribution in [-0.4, -0.2) is 16.9 Å². The first-order valence-corrected chi connectivity index (χ1v) is 8.68. The van der Waals surface area contributed by atoms with E-state index >= 15 is 0 Å². The first kappa shape index (κ1) is 19.0. The number of hydrogen-bond donors (Lipinski definition) is 3. The van der Waals surface area contributed by atoms with Gasteiger partial charge in [0.2, 0.25) is 5.91 Å². The molecule has 1 aromatic rings. The van der Waals surface area contributed by atoms with Crippen LogP contribution in [0.4, 0.5) is 0 Å². The fourth-order valence-corrected chi connectivity index (χ4v) is 4.42. The number of carbonyl (C=O) groups excluding carboxylic acids is 1. The minimum atomic E-state index is -0.106. The lowest BCUT2D eigenvalue weighted by atomic mass is 9.65. The van der Waals surface area contributed by atoms with Crippen LogP contribution in [0.2, 0.25) is 0 Å². The number of pyridine rings is 1. The maximum Gasteiger partial charge on any atom is 0.253 e. The number of carbonyl (C=O) groups is 1. The van der Waals surface area contributed by atoms with Crippen molar-refractivity contribution in [1.82, 2.24) is 10.3 Å². The highest BCUT2D eigenvalue weighted by atomic mass is 35.5. The van der Waals surface area contributed by atoms with Gasteiger partial charge in [-0.1, -0.05) is 6.42 Å². The molecule has 3 rings (SSSR count). The number of fused-ring (bicyclic) bond motifs is 2. The Morgan fingerprint density at radius 3 is 2.50 bits per heavy atom. The number of aromatic nitrogens is 1. The molecule has 2 bridgehead atoms. The van der Waals surface area contributed by atoms with Crippen molar-refractivity contribution in [1.29, 1.82) is 0 Å². The van der Waals surface area contributed by atoms with E-state index in [1.807, 2.05) is 19.9 Å².